The molecule has 0 saturated carbocycles. The number of hydrogen-bond acceptors (Lipinski definition) is 6. The molecule has 0 unspecified atom stereocenters. The number of fused-ring (bicyclic) bond motifs is 1. The molecule has 2 aromatic carbocycles. The Morgan fingerprint density at radius 3 is 3.00 bits per heavy atom. The van der Waals surface area contributed by atoms with Gasteiger partial charge in [-0.2, -0.15) is 0 Å². The van der Waals surface area contributed by atoms with Gasteiger partial charge in [-0.1, -0.05) is 28.1 Å². The first-order valence-corrected chi connectivity index (χ1v) is 11.4. The molecular formula is C24H26BrN5O2. The number of likely N-dealkylation sites (tertiary alicyclic amines) is 1. The summed E-state index contributed by atoms with van der Waals surface area (Å²) in [6, 6.07) is 13.9. The van der Waals surface area contributed by atoms with Crippen LogP contribution >= 0.6 is 15.9 Å². The molecule has 1 fully saturated rings. The Hall–Kier alpha value is -2.81. The van der Waals surface area contributed by atoms with Crippen LogP contribution in [0.4, 0.5) is 17.2 Å². The van der Waals surface area contributed by atoms with Gasteiger partial charge >= 0.3 is 0 Å². The number of benzene rings is 2. The first-order chi connectivity index (χ1) is 15.6. The normalized spacial score (nSPS) is 16.6. The minimum atomic E-state index is -0.162. The predicted molar refractivity (Wildman–Crippen MR) is 131 cm³/mol. The van der Waals surface area contributed by atoms with Gasteiger partial charge in [-0.3, -0.25) is 9.69 Å². The standard InChI is InChI=1S/C24H26BrN5O2/c1-32-15-20-7-3-11-30(20)12-4-8-23(31)28-19-9-10-22-21(14-19)24(27-16-26-22)29-18-6-2-5-17(25)13-18/h2,4-6,8-10,13-14,16,20H,3,7,11-12,15H2,1H3,(H,28,31)(H,26,27,29)/b8-4-/t20-/m0/s1. The van der Waals surface area contributed by atoms with Crippen molar-refractivity contribution in [2.24, 2.45) is 0 Å². The molecule has 0 bridgehead atoms. The first kappa shape index (κ1) is 22.4. The van der Waals surface area contributed by atoms with Gasteiger partial charge in [0, 0.05) is 47.0 Å². The third-order valence-corrected chi connectivity index (χ3v) is 5.95. The van der Waals surface area contributed by atoms with Crippen LogP contribution in [0.3, 0.4) is 0 Å². The molecule has 4 rings (SSSR count). The zero-order valence-corrected chi connectivity index (χ0v) is 19.5. The minimum absolute atomic E-state index is 0.162. The van der Waals surface area contributed by atoms with Gasteiger partial charge in [-0.05, 0) is 55.8 Å². The zero-order valence-electron chi connectivity index (χ0n) is 17.9. The van der Waals surface area contributed by atoms with Crippen LogP contribution in [0, 0.1) is 0 Å². The van der Waals surface area contributed by atoms with Crippen molar-refractivity contribution in [1.82, 2.24) is 14.9 Å². The van der Waals surface area contributed by atoms with Crippen molar-refractivity contribution in [2.75, 3.05) is 37.4 Å². The van der Waals surface area contributed by atoms with Gasteiger partial charge in [0.2, 0.25) is 5.91 Å². The maximum atomic E-state index is 12.4. The number of carbonyl (C=O) groups is 1. The summed E-state index contributed by atoms with van der Waals surface area (Å²) < 4.78 is 6.26. The third kappa shape index (κ3) is 5.70. The molecule has 7 nitrogen and oxygen atoms in total. The highest BCUT2D eigenvalue weighted by Gasteiger charge is 2.22. The van der Waals surface area contributed by atoms with Gasteiger partial charge in [0.1, 0.15) is 12.1 Å². The van der Waals surface area contributed by atoms with Gasteiger partial charge in [-0.15, -0.1) is 0 Å². The zero-order chi connectivity index (χ0) is 22.3. The second kappa shape index (κ2) is 10.7. The van der Waals surface area contributed by atoms with Crippen LogP contribution in [-0.2, 0) is 9.53 Å². The lowest BCUT2D eigenvalue weighted by Crippen LogP contribution is -2.33. The molecule has 8 heteroatoms. The average Bonchev–Trinajstić information content (AvgIpc) is 3.21. The summed E-state index contributed by atoms with van der Waals surface area (Å²) in [7, 11) is 1.73. The number of rotatable bonds is 8. The SMILES string of the molecule is COC[C@@H]1CCCN1C/C=C\C(=O)Nc1ccc2ncnc(Nc3cccc(Br)c3)c2c1. The van der Waals surface area contributed by atoms with Crippen molar-refractivity contribution in [2.45, 2.75) is 18.9 Å². The van der Waals surface area contributed by atoms with Gasteiger partial charge in [0.05, 0.1) is 12.1 Å². The molecule has 1 amide bonds. The van der Waals surface area contributed by atoms with E-state index in [0.29, 0.717) is 17.5 Å². The topological polar surface area (TPSA) is 79.4 Å². The van der Waals surface area contributed by atoms with Crippen molar-refractivity contribution in [3.05, 3.63) is 65.4 Å². The largest absolute Gasteiger partial charge is 0.383 e. The number of hydrogen-bond donors (Lipinski definition) is 2. The van der Waals surface area contributed by atoms with Crippen molar-refractivity contribution in [3.63, 3.8) is 0 Å². The molecule has 0 spiro atoms. The number of nitrogens with one attached hydrogen (secondary N) is 2. The Bertz CT molecular complexity index is 1120. The maximum absolute atomic E-state index is 12.4. The fourth-order valence-corrected chi connectivity index (χ4v) is 4.33. The Morgan fingerprint density at radius 1 is 1.25 bits per heavy atom. The molecule has 0 aliphatic carbocycles. The third-order valence-electron chi connectivity index (χ3n) is 5.46. The molecule has 1 saturated heterocycles. The van der Waals surface area contributed by atoms with Crippen LogP contribution in [-0.4, -0.2) is 53.6 Å². The fraction of sp³-hybridized carbons (Fsp3) is 0.292. The summed E-state index contributed by atoms with van der Waals surface area (Å²) in [4.78, 5) is 23.5. The highest BCUT2D eigenvalue weighted by molar-refractivity contribution is 9.10. The van der Waals surface area contributed by atoms with Gasteiger partial charge in [0.25, 0.3) is 0 Å². The number of amides is 1. The van der Waals surface area contributed by atoms with E-state index in [4.69, 9.17) is 4.74 Å². The molecule has 3 aromatic rings. The molecule has 2 N–H and O–H groups in total. The molecule has 32 heavy (non-hydrogen) atoms. The summed E-state index contributed by atoms with van der Waals surface area (Å²) in [6.45, 7) is 2.52. The van der Waals surface area contributed by atoms with Crippen LogP contribution in [0.5, 0.6) is 0 Å². The average molecular weight is 496 g/mol. The number of methoxy groups -OCH3 is 1. The lowest BCUT2D eigenvalue weighted by atomic mass is 10.2. The van der Waals surface area contributed by atoms with E-state index in [0.717, 1.165) is 47.2 Å². The first-order valence-electron chi connectivity index (χ1n) is 10.6. The number of ether oxygens (including phenoxy) is 1. The Kier molecular flexibility index (Phi) is 7.47. The Labute approximate surface area is 196 Å². The van der Waals surface area contributed by atoms with Gasteiger partial charge in [0.15, 0.2) is 0 Å². The van der Waals surface area contributed by atoms with E-state index in [1.807, 2.05) is 48.5 Å². The van der Waals surface area contributed by atoms with E-state index in [-0.39, 0.29) is 5.91 Å². The molecule has 1 aromatic heterocycles. The van der Waals surface area contributed by atoms with E-state index in [1.54, 1.807) is 13.2 Å². The van der Waals surface area contributed by atoms with Gasteiger partial charge in [-0.25, -0.2) is 9.97 Å². The van der Waals surface area contributed by atoms with Crippen LogP contribution in [0.25, 0.3) is 10.9 Å². The molecular weight excluding hydrogens is 470 g/mol. The van der Waals surface area contributed by atoms with E-state index in [2.05, 4.69) is 41.4 Å². The fourth-order valence-electron chi connectivity index (χ4n) is 3.93. The summed E-state index contributed by atoms with van der Waals surface area (Å²) in [5.41, 5.74) is 2.40. The van der Waals surface area contributed by atoms with Crippen molar-refractivity contribution >= 4 is 49.9 Å². The van der Waals surface area contributed by atoms with Crippen LogP contribution in [0.2, 0.25) is 0 Å². The van der Waals surface area contributed by atoms with Crippen LogP contribution in [0.1, 0.15) is 12.8 Å². The smallest absolute Gasteiger partial charge is 0.248 e. The molecule has 0 radical (unpaired) electrons. The second-order valence-electron chi connectivity index (χ2n) is 7.73. The number of halogens is 1. The van der Waals surface area contributed by atoms with Gasteiger partial charge < -0.3 is 15.4 Å². The second-order valence-corrected chi connectivity index (χ2v) is 8.64. The Balaban J connectivity index is 1.43. The number of anilines is 3. The summed E-state index contributed by atoms with van der Waals surface area (Å²) in [6.07, 6.45) is 7.34. The maximum Gasteiger partial charge on any atom is 0.248 e. The van der Waals surface area contributed by atoms with Crippen LogP contribution in [0.15, 0.2) is 65.4 Å². The number of aromatic nitrogens is 2. The molecule has 2 heterocycles. The quantitative estimate of drug-likeness (QED) is 0.439. The number of carbonyl (C=O) groups excluding carboxylic acids is 1. The highest BCUT2D eigenvalue weighted by Crippen LogP contribution is 2.27. The molecule has 1 atom stereocenters. The lowest BCUT2D eigenvalue weighted by molar-refractivity contribution is -0.111. The molecule has 1 aliphatic heterocycles. The van der Waals surface area contributed by atoms with Crippen molar-refractivity contribution in [1.29, 1.82) is 0 Å². The molecule has 1 aliphatic rings. The molecule has 166 valence electrons. The van der Waals surface area contributed by atoms with E-state index in [9.17, 15) is 4.79 Å². The van der Waals surface area contributed by atoms with E-state index in [1.165, 1.54) is 12.7 Å². The summed E-state index contributed by atoms with van der Waals surface area (Å²) in [5.74, 6) is 0.517. The Morgan fingerprint density at radius 2 is 2.16 bits per heavy atom. The predicted octanol–water partition coefficient (Wildman–Crippen LogP) is 4.74. The summed E-state index contributed by atoms with van der Waals surface area (Å²) >= 11 is 3.48. The van der Waals surface area contributed by atoms with E-state index >= 15 is 0 Å². The van der Waals surface area contributed by atoms with E-state index < -0.39 is 0 Å². The van der Waals surface area contributed by atoms with Crippen LogP contribution < -0.4 is 10.6 Å². The van der Waals surface area contributed by atoms with Crippen molar-refractivity contribution < 1.29 is 9.53 Å². The number of nitrogens with zero attached hydrogens (tertiary/aromatic N) is 3. The lowest BCUT2D eigenvalue weighted by Gasteiger charge is -2.21. The monoisotopic (exact) mass is 495 g/mol. The highest BCUT2D eigenvalue weighted by atomic mass is 79.9. The summed E-state index contributed by atoms with van der Waals surface area (Å²) in [5, 5.41) is 7.09. The van der Waals surface area contributed by atoms with Crippen molar-refractivity contribution in [3.8, 4) is 0 Å². The minimum Gasteiger partial charge on any atom is -0.383 e.